The summed E-state index contributed by atoms with van der Waals surface area (Å²) < 4.78 is 5.94. The summed E-state index contributed by atoms with van der Waals surface area (Å²) in [7, 11) is 0. The Morgan fingerprint density at radius 1 is 0.864 bits per heavy atom. The van der Waals surface area contributed by atoms with E-state index in [1.165, 1.54) is 16.3 Å². The molecule has 0 aliphatic rings. The number of anilines is 1. The Morgan fingerprint density at radius 2 is 1.64 bits per heavy atom. The van der Waals surface area contributed by atoms with Gasteiger partial charge < -0.3 is 10.5 Å². The lowest BCUT2D eigenvalue weighted by atomic mass is 10.1. The molecule has 3 heteroatoms. The fourth-order valence-electron chi connectivity index (χ4n) is 2.34. The molecule has 0 amide bonds. The maximum atomic E-state index is 5.94. The van der Waals surface area contributed by atoms with Crippen molar-refractivity contribution in [3.05, 3.63) is 72.3 Å². The Kier molecular flexibility index (Phi) is 4.86. The lowest BCUT2D eigenvalue weighted by Crippen LogP contribution is -2.01. The van der Waals surface area contributed by atoms with Gasteiger partial charge in [-0.3, -0.25) is 0 Å². The van der Waals surface area contributed by atoms with Crippen molar-refractivity contribution in [1.82, 2.24) is 0 Å². The van der Waals surface area contributed by atoms with Crippen LogP contribution in [0.3, 0.4) is 0 Å². The minimum Gasteiger partial charge on any atom is -0.492 e. The van der Waals surface area contributed by atoms with Crippen molar-refractivity contribution in [1.29, 1.82) is 0 Å². The van der Waals surface area contributed by atoms with Gasteiger partial charge in [-0.15, -0.1) is 0 Å². The van der Waals surface area contributed by atoms with Crippen LogP contribution in [0.1, 0.15) is 5.56 Å². The highest BCUT2D eigenvalue weighted by atomic mass is 32.2. The van der Waals surface area contributed by atoms with Crippen molar-refractivity contribution >= 4 is 28.2 Å². The molecular formula is C19H19NOS. The van der Waals surface area contributed by atoms with Crippen LogP contribution < -0.4 is 10.5 Å². The van der Waals surface area contributed by atoms with Gasteiger partial charge in [0.15, 0.2) is 0 Å². The van der Waals surface area contributed by atoms with E-state index in [-0.39, 0.29) is 0 Å². The number of hydrogen-bond acceptors (Lipinski definition) is 3. The first-order valence-corrected chi connectivity index (χ1v) is 8.51. The van der Waals surface area contributed by atoms with Gasteiger partial charge in [0.2, 0.25) is 0 Å². The summed E-state index contributed by atoms with van der Waals surface area (Å²) in [5.74, 6) is 2.92. The van der Waals surface area contributed by atoms with Gasteiger partial charge in [-0.2, -0.15) is 11.8 Å². The van der Waals surface area contributed by atoms with Crippen molar-refractivity contribution < 1.29 is 4.74 Å². The molecule has 0 radical (unpaired) electrons. The summed E-state index contributed by atoms with van der Waals surface area (Å²) in [5, 5.41) is 2.39. The van der Waals surface area contributed by atoms with Crippen LogP contribution in [0.2, 0.25) is 0 Å². The predicted octanol–water partition coefficient (Wildman–Crippen LogP) is 4.73. The van der Waals surface area contributed by atoms with Gasteiger partial charge >= 0.3 is 0 Å². The largest absolute Gasteiger partial charge is 0.492 e. The molecule has 3 aromatic rings. The van der Waals surface area contributed by atoms with Crippen LogP contribution in [0.15, 0.2) is 66.7 Å². The highest BCUT2D eigenvalue weighted by Crippen LogP contribution is 2.25. The van der Waals surface area contributed by atoms with E-state index in [2.05, 4.69) is 36.4 Å². The predicted molar refractivity (Wildman–Crippen MR) is 96.5 cm³/mol. The number of nitrogen functional groups attached to an aromatic ring is 1. The molecule has 0 aliphatic carbocycles. The van der Waals surface area contributed by atoms with Crippen LogP contribution in [-0.4, -0.2) is 12.4 Å². The number of ether oxygens (including phenoxy) is 1. The maximum Gasteiger partial charge on any atom is 0.127 e. The zero-order valence-corrected chi connectivity index (χ0v) is 13.2. The third-order valence-electron chi connectivity index (χ3n) is 3.48. The Morgan fingerprint density at radius 3 is 2.50 bits per heavy atom. The number of thioether (sulfide) groups is 1. The normalized spacial score (nSPS) is 10.7. The lowest BCUT2D eigenvalue weighted by molar-refractivity contribution is 0.348. The highest BCUT2D eigenvalue weighted by molar-refractivity contribution is 7.98. The highest BCUT2D eigenvalue weighted by Gasteiger charge is 2.01. The van der Waals surface area contributed by atoms with Gasteiger partial charge in [0.25, 0.3) is 0 Å². The van der Waals surface area contributed by atoms with E-state index < -0.39 is 0 Å². The van der Waals surface area contributed by atoms with Gasteiger partial charge in [0.1, 0.15) is 5.75 Å². The van der Waals surface area contributed by atoms with Crippen LogP contribution in [-0.2, 0) is 5.75 Å². The molecule has 3 aromatic carbocycles. The molecule has 0 fully saturated rings. The first-order valence-electron chi connectivity index (χ1n) is 7.36. The average Bonchev–Trinajstić information content (AvgIpc) is 2.56. The Hall–Kier alpha value is -2.13. The van der Waals surface area contributed by atoms with E-state index in [1.54, 1.807) is 0 Å². The van der Waals surface area contributed by atoms with E-state index in [4.69, 9.17) is 10.5 Å². The number of rotatable bonds is 6. The maximum absolute atomic E-state index is 5.94. The topological polar surface area (TPSA) is 35.2 Å². The minimum absolute atomic E-state index is 0.716. The molecule has 0 spiro atoms. The molecular weight excluding hydrogens is 290 g/mol. The van der Waals surface area contributed by atoms with E-state index in [0.29, 0.717) is 6.61 Å². The molecule has 2 N–H and O–H groups in total. The Bertz CT molecular complexity index is 735. The second kappa shape index (κ2) is 7.23. The van der Waals surface area contributed by atoms with Crippen molar-refractivity contribution in [3.63, 3.8) is 0 Å². The second-order valence-electron chi connectivity index (χ2n) is 5.12. The SMILES string of the molecule is Nc1ccc(CSCCOc2cccc3ccccc23)cc1. The zero-order valence-electron chi connectivity index (χ0n) is 12.4. The summed E-state index contributed by atoms with van der Waals surface area (Å²) >= 11 is 1.87. The first-order chi connectivity index (χ1) is 10.8. The van der Waals surface area contributed by atoms with Crippen LogP contribution in [0.4, 0.5) is 5.69 Å². The molecule has 0 saturated carbocycles. The fourth-order valence-corrected chi connectivity index (χ4v) is 3.11. The summed E-state index contributed by atoms with van der Waals surface area (Å²) in [6.07, 6.45) is 0. The van der Waals surface area contributed by atoms with Gasteiger partial charge in [-0.05, 0) is 29.1 Å². The Balaban J connectivity index is 1.49. The summed E-state index contributed by atoms with van der Waals surface area (Å²) in [6, 6.07) is 22.5. The summed E-state index contributed by atoms with van der Waals surface area (Å²) in [4.78, 5) is 0. The molecule has 0 aliphatic heterocycles. The molecule has 0 heterocycles. The van der Waals surface area contributed by atoms with E-state index in [1.807, 2.05) is 42.1 Å². The first kappa shape index (κ1) is 14.8. The molecule has 0 atom stereocenters. The van der Waals surface area contributed by atoms with Crippen molar-refractivity contribution in [2.45, 2.75) is 5.75 Å². The number of hydrogen-bond donors (Lipinski definition) is 1. The van der Waals surface area contributed by atoms with Crippen molar-refractivity contribution in [2.24, 2.45) is 0 Å². The van der Waals surface area contributed by atoms with Gasteiger partial charge in [-0.25, -0.2) is 0 Å². The van der Waals surface area contributed by atoms with Crippen LogP contribution in [0.25, 0.3) is 10.8 Å². The smallest absolute Gasteiger partial charge is 0.127 e. The molecule has 22 heavy (non-hydrogen) atoms. The molecule has 0 aromatic heterocycles. The third kappa shape index (κ3) is 3.74. The zero-order chi connectivity index (χ0) is 15.2. The van der Waals surface area contributed by atoms with Gasteiger partial charge in [-0.1, -0.05) is 48.5 Å². The minimum atomic E-state index is 0.716. The molecule has 3 rings (SSSR count). The summed E-state index contributed by atoms with van der Waals surface area (Å²) in [6.45, 7) is 0.716. The summed E-state index contributed by atoms with van der Waals surface area (Å²) in [5.41, 5.74) is 7.79. The van der Waals surface area contributed by atoms with Crippen LogP contribution in [0.5, 0.6) is 5.75 Å². The average molecular weight is 309 g/mol. The van der Waals surface area contributed by atoms with E-state index in [0.717, 1.165) is 22.9 Å². The molecule has 0 bridgehead atoms. The quantitative estimate of drug-likeness (QED) is 0.528. The number of nitrogens with two attached hydrogens (primary N) is 1. The molecule has 0 saturated heterocycles. The van der Waals surface area contributed by atoms with Crippen LogP contribution >= 0.6 is 11.8 Å². The number of benzene rings is 3. The van der Waals surface area contributed by atoms with Crippen LogP contribution in [0, 0.1) is 0 Å². The molecule has 0 unspecified atom stereocenters. The fraction of sp³-hybridized carbons (Fsp3) is 0.158. The van der Waals surface area contributed by atoms with E-state index in [9.17, 15) is 0 Å². The second-order valence-corrected chi connectivity index (χ2v) is 6.23. The van der Waals surface area contributed by atoms with Crippen molar-refractivity contribution in [2.75, 3.05) is 18.1 Å². The lowest BCUT2D eigenvalue weighted by Gasteiger charge is -2.09. The standard InChI is InChI=1S/C19H19NOS/c20-17-10-8-15(9-11-17)14-22-13-12-21-19-7-3-5-16-4-1-2-6-18(16)19/h1-11H,12-14,20H2. The molecule has 2 nitrogen and oxygen atoms in total. The van der Waals surface area contributed by atoms with Gasteiger partial charge in [0, 0.05) is 22.6 Å². The third-order valence-corrected chi connectivity index (χ3v) is 4.48. The van der Waals surface area contributed by atoms with E-state index >= 15 is 0 Å². The Labute approximate surface area is 135 Å². The monoisotopic (exact) mass is 309 g/mol. The van der Waals surface area contributed by atoms with Crippen molar-refractivity contribution in [3.8, 4) is 5.75 Å². The molecule has 112 valence electrons. The number of fused-ring (bicyclic) bond motifs is 1. The van der Waals surface area contributed by atoms with Gasteiger partial charge in [0.05, 0.1) is 6.61 Å².